The summed E-state index contributed by atoms with van der Waals surface area (Å²) in [5.41, 5.74) is 1.80. The van der Waals surface area contributed by atoms with Crippen LogP contribution < -0.4 is 10.1 Å². The molecule has 2 atom stereocenters. The zero-order chi connectivity index (χ0) is 19.4. The van der Waals surface area contributed by atoms with Gasteiger partial charge in [-0.1, -0.05) is 29.8 Å². The van der Waals surface area contributed by atoms with Crippen molar-refractivity contribution in [1.29, 1.82) is 0 Å². The van der Waals surface area contributed by atoms with E-state index in [1.807, 2.05) is 31.2 Å². The number of aryl methyl sites for hydroxylation is 1. The number of rotatable bonds is 6. The third kappa shape index (κ3) is 4.36. The molecule has 1 aliphatic rings. The first-order chi connectivity index (χ1) is 13.0. The number of ether oxygens (including phenoxy) is 2. The summed E-state index contributed by atoms with van der Waals surface area (Å²) in [6.07, 6.45) is 1.75. The summed E-state index contributed by atoms with van der Waals surface area (Å²) in [4.78, 5) is 10.6. The molecule has 2 aromatic rings. The average Bonchev–Trinajstić information content (AvgIpc) is 2.66. The monoisotopic (exact) mass is 374 g/mol. The van der Waals surface area contributed by atoms with Gasteiger partial charge < -0.3 is 14.8 Å². The Morgan fingerprint density at radius 3 is 2.74 bits per heavy atom. The molecule has 1 heterocycles. The summed E-state index contributed by atoms with van der Waals surface area (Å²) < 4.78 is 25.1. The Bertz CT molecular complexity index is 810. The molecule has 0 radical (unpaired) electrons. The molecular weight excluding hydrogens is 351 g/mol. The van der Waals surface area contributed by atoms with Gasteiger partial charge in [-0.25, -0.2) is 0 Å². The van der Waals surface area contributed by atoms with Gasteiger partial charge in [0.05, 0.1) is 18.1 Å². The van der Waals surface area contributed by atoms with Crippen LogP contribution in [0.5, 0.6) is 5.75 Å². The highest BCUT2D eigenvalue weighted by Gasteiger charge is 2.29. The van der Waals surface area contributed by atoms with Crippen LogP contribution in [0.4, 0.5) is 15.8 Å². The van der Waals surface area contributed by atoms with Crippen molar-refractivity contribution in [3.63, 3.8) is 0 Å². The molecule has 3 rings (SSSR count). The molecule has 0 saturated carbocycles. The number of hydrogen-bond donors (Lipinski definition) is 1. The number of nitro groups is 1. The summed E-state index contributed by atoms with van der Waals surface area (Å²) in [6.45, 7) is 3.15. The lowest BCUT2D eigenvalue weighted by atomic mass is 9.89. The fourth-order valence-electron chi connectivity index (χ4n) is 3.43. The molecule has 1 aliphatic heterocycles. The number of hydrogen-bond acceptors (Lipinski definition) is 5. The van der Waals surface area contributed by atoms with Gasteiger partial charge in [-0.3, -0.25) is 10.1 Å². The van der Waals surface area contributed by atoms with E-state index >= 15 is 0 Å². The summed E-state index contributed by atoms with van der Waals surface area (Å²) in [6, 6.07) is 10.6. The molecule has 0 aliphatic carbocycles. The summed E-state index contributed by atoms with van der Waals surface area (Å²) in [5, 5.41) is 14.3. The second-order valence-electron chi connectivity index (χ2n) is 6.75. The number of benzene rings is 2. The van der Waals surface area contributed by atoms with Crippen molar-refractivity contribution in [2.24, 2.45) is 5.92 Å². The lowest BCUT2D eigenvalue weighted by Gasteiger charge is -2.32. The highest BCUT2D eigenvalue weighted by molar-refractivity contribution is 5.65. The number of anilines is 1. The van der Waals surface area contributed by atoms with Crippen LogP contribution in [0.15, 0.2) is 36.4 Å². The maximum absolute atomic E-state index is 14.1. The van der Waals surface area contributed by atoms with E-state index in [2.05, 4.69) is 5.32 Å². The first-order valence-corrected chi connectivity index (χ1v) is 8.93. The number of methoxy groups -OCH3 is 1. The third-order valence-electron chi connectivity index (χ3n) is 4.86. The second kappa shape index (κ2) is 8.35. The summed E-state index contributed by atoms with van der Waals surface area (Å²) in [7, 11) is 1.40. The molecule has 27 heavy (non-hydrogen) atoms. The van der Waals surface area contributed by atoms with Gasteiger partial charge in [0.15, 0.2) is 0 Å². The molecule has 144 valence electrons. The molecule has 0 spiro atoms. The third-order valence-corrected chi connectivity index (χ3v) is 4.86. The van der Waals surface area contributed by atoms with Crippen molar-refractivity contribution in [2.45, 2.75) is 25.9 Å². The fraction of sp³-hybridized carbons (Fsp3) is 0.400. The van der Waals surface area contributed by atoms with E-state index in [-0.39, 0.29) is 23.5 Å². The van der Waals surface area contributed by atoms with E-state index in [1.165, 1.54) is 18.7 Å². The van der Waals surface area contributed by atoms with E-state index < -0.39 is 16.4 Å². The molecule has 2 unspecified atom stereocenters. The van der Waals surface area contributed by atoms with Crippen LogP contribution in [0.2, 0.25) is 0 Å². The predicted molar refractivity (Wildman–Crippen MR) is 101 cm³/mol. The Labute approximate surface area is 157 Å². The van der Waals surface area contributed by atoms with Crippen molar-refractivity contribution in [1.82, 2.24) is 0 Å². The molecular formula is C20H23FN2O4. The number of halogens is 1. The minimum absolute atomic E-state index is 0.0960. The van der Waals surface area contributed by atoms with Crippen molar-refractivity contribution in [3.05, 3.63) is 63.5 Å². The van der Waals surface area contributed by atoms with Crippen molar-refractivity contribution >= 4 is 11.4 Å². The molecule has 2 aromatic carbocycles. The van der Waals surface area contributed by atoms with Gasteiger partial charge >= 0.3 is 5.69 Å². The van der Waals surface area contributed by atoms with Crippen LogP contribution in [0, 0.1) is 28.8 Å². The van der Waals surface area contributed by atoms with Crippen LogP contribution in [0.1, 0.15) is 30.1 Å². The highest BCUT2D eigenvalue weighted by Crippen LogP contribution is 2.36. The van der Waals surface area contributed by atoms with E-state index in [9.17, 15) is 14.5 Å². The SMILES string of the molecule is COc1cc(F)c([N+](=O)[O-])c(NCC2CCCOC2c2ccc(C)cc2)c1. The first kappa shape index (κ1) is 19.1. The second-order valence-corrected chi connectivity index (χ2v) is 6.75. The molecule has 0 aromatic heterocycles. The van der Waals surface area contributed by atoms with Gasteiger partial charge in [0.25, 0.3) is 0 Å². The largest absolute Gasteiger partial charge is 0.497 e. The van der Waals surface area contributed by atoms with Crippen LogP contribution in [-0.4, -0.2) is 25.2 Å². The van der Waals surface area contributed by atoms with Gasteiger partial charge in [-0.05, 0) is 25.3 Å². The number of nitrogens with one attached hydrogen (secondary N) is 1. The first-order valence-electron chi connectivity index (χ1n) is 8.93. The molecule has 1 saturated heterocycles. The Hall–Kier alpha value is -2.67. The van der Waals surface area contributed by atoms with E-state index in [0.29, 0.717) is 13.2 Å². The molecule has 6 nitrogen and oxygen atoms in total. The Balaban J connectivity index is 1.81. The van der Waals surface area contributed by atoms with Gasteiger partial charge in [-0.2, -0.15) is 4.39 Å². The van der Waals surface area contributed by atoms with E-state index in [0.717, 1.165) is 24.5 Å². The Morgan fingerprint density at radius 2 is 2.07 bits per heavy atom. The van der Waals surface area contributed by atoms with Crippen LogP contribution in [0.25, 0.3) is 0 Å². The maximum atomic E-state index is 14.1. The average molecular weight is 374 g/mol. The standard InChI is InChI=1S/C20H23FN2O4/c1-13-5-7-14(8-6-13)20-15(4-3-9-27-20)12-22-18-11-16(26-2)10-17(21)19(18)23(24)25/h5-8,10-11,15,20,22H,3-4,9,12H2,1-2H3. The maximum Gasteiger partial charge on any atom is 0.327 e. The lowest BCUT2D eigenvalue weighted by molar-refractivity contribution is -0.386. The van der Waals surface area contributed by atoms with Gasteiger partial charge in [0.2, 0.25) is 5.82 Å². The van der Waals surface area contributed by atoms with Gasteiger partial charge in [-0.15, -0.1) is 0 Å². The van der Waals surface area contributed by atoms with Gasteiger partial charge in [0, 0.05) is 31.2 Å². The quantitative estimate of drug-likeness (QED) is 0.589. The topological polar surface area (TPSA) is 73.6 Å². The minimum atomic E-state index is -0.920. The number of nitro benzene ring substituents is 1. The van der Waals surface area contributed by atoms with Crippen LogP contribution >= 0.6 is 0 Å². The molecule has 1 N–H and O–H groups in total. The molecule has 1 fully saturated rings. The predicted octanol–water partition coefficient (Wildman–Crippen LogP) is 4.63. The summed E-state index contributed by atoms with van der Waals surface area (Å²) in [5.74, 6) is -0.567. The molecule has 0 amide bonds. The Kier molecular flexibility index (Phi) is 5.91. The zero-order valence-corrected chi connectivity index (χ0v) is 15.4. The van der Waals surface area contributed by atoms with Crippen molar-refractivity contribution in [3.8, 4) is 5.75 Å². The Morgan fingerprint density at radius 1 is 1.33 bits per heavy atom. The normalized spacial score (nSPS) is 19.5. The molecule has 0 bridgehead atoms. The smallest absolute Gasteiger partial charge is 0.327 e. The molecule has 7 heteroatoms. The fourth-order valence-corrected chi connectivity index (χ4v) is 3.43. The van der Waals surface area contributed by atoms with Crippen LogP contribution in [-0.2, 0) is 4.74 Å². The zero-order valence-electron chi connectivity index (χ0n) is 15.4. The van der Waals surface area contributed by atoms with Crippen molar-refractivity contribution < 1.29 is 18.8 Å². The van der Waals surface area contributed by atoms with Crippen molar-refractivity contribution in [2.75, 3.05) is 25.6 Å². The van der Waals surface area contributed by atoms with E-state index in [4.69, 9.17) is 9.47 Å². The highest BCUT2D eigenvalue weighted by atomic mass is 19.1. The number of nitrogens with zero attached hydrogens (tertiary/aromatic N) is 1. The lowest BCUT2D eigenvalue weighted by Crippen LogP contribution is -2.28. The van der Waals surface area contributed by atoms with Gasteiger partial charge in [0.1, 0.15) is 11.4 Å². The minimum Gasteiger partial charge on any atom is -0.497 e. The summed E-state index contributed by atoms with van der Waals surface area (Å²) >= 11 is 0. The van der Waals surface area contributed by atoms with Crippen LogP contribution in [0.3, 0.4) is 0 Å². The van der Waals surface area contributed by atoms with E-state index in [1.54, 1.807) is 0 Å².